The lowest BCUT2D eigenvalue weighted by Gasteiger charge is -1.99. The Balaban J connectivity index is 3.52. The fourth-order valence-corrected chi connectivity index (χ4v) is 0.782. The van der Waals surface area contributed by atoms with Gasteiger partial charge in [0.15, 0.2) is 5.78 Å². The minimum absolute atomic E-state index is 0.0142. The molecule has 0 aliphatic carbocycles. The van der Waals surface area contributed by atoms with E-state index in [1.807, 2.05) is 6.92 Å². The zero-order chi connectivity index (χ0) is 10.1. The van der Waals surface area contributed by atoms with Gasteiger partial charge in [-0.15, -0.1) is 0 Å². The molecule has 0 aliphatic heterocycles. The largest absolute Gasteiger partial charge is 0.455 e. The van der Waals surface area contributed by atoms with Gasteiger partial charge in [0.25, 0.3) is 0 Å². The highest BCUT2D eigenvalue weighted by atomic mass is 16.5. The summed E-state index contributed by atoms with van der Waals surface area (Å²) in [6, 6.07) is 0. The summed E-state index contributed by atoms with van der Waals surface area (Å²) in [4.78, 5) is 21.8. The highest BCUT2D eigenvalue weighted by molar-refractivity contribution is 5.86. The van der Waals surface area contributed by atoms with Gasteiger partial charge in [-0.25, -0.2) is 4.79 Å². The van der Waals surface area contributed by atoms with Crippen LogP contribution in [0.4, 0.5) is 0 Å². The van der Waals surface area contributed by atoms with Crippen molar-refractivity contribution in [2.45, 2.75) is 33.1 Å². The number of hydrogen-bond donors (Lipinski definition) is 0. The third-order valence-corrected chi connectivity index (χ3v) is 1.49. The summed E-state index contributed by atoms with van der Waals surface area (Å²) < 4.78 is 4.67. The first-order valence-electron chi connectivity index (χ1n) is 4.51. The van der Waals surface area contributed by atoms with E-state index in [1.54, 1.807) is 13.0 Å². The molecule has 0 rings (SSSR count). The molecule has 0 amide bonds. The molecular formula is C10H16O3. The standard InChI is InChI=1S/C10H16O3/c1-3-5-7-9(11)8-13-10(12)6-4-2/h4,6H,3,5,7-8H2,1-2H3. The Hall–Kier alpha value is -1.12. The Bertz CT molecular complexity index is 194. The topological polar surface area (TPSA) is 43.4 Å². The van der Waals surface area contributed by atoms with Crippen molar-refractivity contribution in [1.29, 1.82) is 0 Å². The lowest BCUT2D eigenvalue weighted by Crippen LogP contribution is -2.11. The first kappa shape index (κ1) is 11.9. The predicted octanol–water partition coefficient (Wildman–Crippen LogP) is 1.86. The van der Waals surface area contributed by atoms with Gasteiger partial charge in [0.1, 0.15) is 6.61 Å². The molecule has 13 heavy (non-hydrogen) atoms. The van der Waals surface area contributed by atoms with Gasteiger partial charge in [-0.05, 0) is 13.3 Å². The van der Waals surface area contributed by atoms with Crippen molar-refractivity contribution < 1.29 is 14.3 Å². The molecule has 0 saturated carbocycles. The van der Waals surface area contributed by atoms with Gasteiger partial charge in [0.05, 0.1) is 0 Å². The molecule has 0 saturated heterocycles. The van der Waals surface area contributed by atoms with E-state index in [0.717, 1.165) is 12.8 Å². The van der Waals surface area contributed by atoms with Crippen LogP contribution >= 0.6 is 0 Å². The number of rotatable bonds is 6. The minimum atomic E-state index is -0.452. The van der Waals surface area contributed by atoms with E-state index in [1.165, 1.54) is 6.08 Å². The van der Waals surface area contributed by atoms with Crippen LogP contribution in [0.15, 0.2) is 12.2 Å². The molecular weight excluding hydrogens is 168 g/mol. The lowest BCUT2D eigenvalue weighted by atomic mass is 10.2. The summed E-state index contributed by atoms with van der Waals surface area (Å²) in [5.74, 6) is -0.466. The second-order valence-corrected chi connectivity index (χ2v) is 2.75. The Morgan fingerprint density at radius 2 is 2.08 bits per heavy atom. The van der Waals surface area contributed by atoms with E-state index in [4.69, 9.17) is 0 Å². The van der Waals surface area contributed by atoms with Crippen molar-refractivity contribution in [2.24, 2.45) is 0 Å². The summed E-state index contributed by atoms with van der Waals surface area (Å²) in [6.45, 7) is 3.64. The fraction of sp³-hybridized carbons (Fsp3) is 0.600. The zero-order valence-corrected chi connectivity index (χ0v) is 8.21. The van der Waals surface area contributed by atoms with Crippen molar-refractivity contribution >= 4 is 11.8 Å². The normalized spacial score (nSPS) is 10.3. The maximum absolute atomic E-state index is 11.0. The average molecular weight is 184 g/mol. The van der Waals surface area contributed by atoms with Gasteiger partial charge in [-0.2, -0.15) is 0 Å². The van der Waals surface area contributed by atoms with Crippen LogP contribution in [0.2, 0.25) is 0 Å². The van der Waals surface area contributed by atoms with E-state index in [0.29, 0.717) is 6.42 Å². The van der Waals surface area contributed by atoms with Crippen molar-refractivity contribution in [3.05, 3.63) is 12.2 Å². The highest BCUT2D eigenvalue weighted by Gasteiger charge is 2.03. The molecule has 0 N–H and O–H groups in total. The molecule has 0 radical (unpaired) electrons. The van der Waals surface area contributed by atoms with Crippen molar-refractivity contribution in [1.82, 2.24) is 0 Å². The lowest BCUT2D eigenvalue weighted by molar-refractivity contribution is -0.143. The molecule has 0 bridgehead atoms. The molecule has 0 aromatic carbocycles. The SMILES string of the molecule is CC=CC(=O)OCC(=O)CCCC. The number of ether oxygens (including phenoxy) is 1. The number of Topliss-reactive ketones (excluding diaryl/α,β-unsaturated/α-hetero) is 1. The second-order valence-electron chi connectivity index (χ2n) is 2.75. The third kappa shape index (κ3) is 7.25. The van der Waals surface area contributed by atoms with Gasteiger partial charge < -0.3 is 4.74 Å². The van der Waals surface area contributed by atoms with Crippen LogP contribution in [0, 0.1) is 0 Å². The Kier molecular flexibility index (Phi) is 6.88. The zero-order valence-electron chi connectivity index (χ0n) is 8.21. The summed E-state index contributed by atoms with van der Waals surface area (Å²) in [5.41, 5.74) is 0. The summed E-state index contributed by atoms with van der Waals surface area (Å²) in [5, 5.41) is 0. The molecule has 3 nitrogen and oxygen atoms in total. The Labute approximate surface area is 78.8 Å². The summed E-state index contributed by atoms with van der Waals surface area (Å²) >= 11 is 0. The van der Waals surface area contributed by atoms with Crippen LogP contribution in [-0.4, -0.2) is 18.4 Å². The van der Waals surface area contributed by atoms with E-state index >= 15 is 0 Å². The molecule has 0 aromatic rings. The van der Waals surface area contributed by atoms with E-state index < -0.39 is 5.97 Å². The Morgan fingerprint density at radius 3 is 2.62 bits per heavy atom. The van der Waals surface area contributed by atoms with Crippen LogP contribution in [-0.2, 0) is 14.3 Å². The molecule has 0 unspecified atom stereocenters. The second kappa shape index (κ2) is 7.53. The molecule has 0 fully saturated rings. The Morgan fingerprint density at radius 1 is 1.38 bits per heavy atom. The van der Waals surface area contributed by atoms with E-state index in [-0.39, 0.29) is 12.4 Å². The average Bonchev–Trinajstić information content (AvgIpc) is 2.12. The third-order valence-electron chi connectivity index (χ3n) is 1.49. The number of carbonyl (C=O) groups excluding carboxylic acids is 2. The van der Waals surface area contributed by atoms with E-state index in [9.17, 15) is 9.59 Å². The molecule has 0 aromatic heterocycles. The van der Waals surface area contributed by atoms with E-state index in [2.05, 4.69) is 4.74 Å². The number of carbonyl (C=O) groups is 2. The van der Waals surface area contributed by atoms with Crippen LogP contribution in [0.1, 0.15) is 33.1 Å². The molecule has 74 valence electrons. The van der Waals surface area contributed by atoms with Crippen LogP contribution < -0.4 is 0 Å². The van der Waals surface area contributed by atoms with Crippen LogP contribution in [0.3, 0.4) is 0 Å². The summed E-state index contributed by atoms with van der Waals surface area (Å²) in [7, 11) is 0. The monoisotopic (exact) mass is 184 g/mol. The highest BCUT2D eigenvalue weighted by Crippen LogP contribution is 1.95. The maximum atomic E-state index is 11.0. The van der Waals surface area contributed by atoms with Crippen LogP contribution in [0.25, 0.3) is 0 Å². The van der Waals surface area contributed by atoms with Crippen molar-refractivity contribution in [2.75, 3.05) is 6.61 Å². The number of hydrogen-bond acceptors (Lipinski definition) is 3. The molecule has 0 spiro atoms. The van der Waals surface area contributed by atoms with Gasteiger partial charge in [-0.1, -0.05) is 19.4 Å². The number of unbranched alkanes of at least 4 members (excludes halogenated alkanes) is 1. The number of ketones is 1. The molecule has 0 aliphatic rings. The molecule has 0 heterocycles. The quantitative estimate of drug-likeness (QED) is 0.467. The predicted molar refractivity (Wildman–Crippen MR) is 50.3 cm³/mol. The minimum Gasteiger partial charge on any atom is -0.455 e. The maximum Gasteiger partial charge on any atom is 0.330 e. The van der Waals surface area contributed by atoms with Gasteiger partial charge in [0, 0.05) is 12.5 Å². The fourth-order valence-electron chi connectivity index (χ4n) is 0.782. The van der Waals surface area contributed by atoms with Gasteiger partial charge in [-0.3, -0.25) is 4.79 Å². The first-order valence-corrected chi connectivity index (χ1v) is 4.51. The molecule has 0 atom stereocenters. The van der Waals surface area contributed by atoms with Crippen molar-refractivity contribution in [3.63, 3.8) is 0 Å². The van der Waals surface area contributed by atoms with Crippen molar-refractivity contribution in [3.8, 4) is 0 Å². The van der Waals surface area contributed by atoms with Gasteiger partial charge in [0.2, 0.25) is 0 Å². The van der Waals surface area contributed by atoms with Gasteiger partial charge >= 0.3 is 5.97 Å². The summed E-state index contributed by atoms with van der Waals surface area (Å²) in [6.07, 6.45) is 5.22. The molecule has 3 heteroatoms. The number of allylic oxidation sites excluding steroid dienone is 1. The first-order chi connectivity index (χ1) is 6.20. The smallest absolute Gasteiger partial charge is 0.330 e. The van der Waals surface area contributed by atoms with Crippen LogP contribution in [0.5, 0.6) is 0 Å². The number of esters is 1.